The first-order valence-corrected chi connectivity index (χ1v) is 5.10. The second-order valence-electron chi connectivity index (χ2n) is 3.83. The van der Waals surface area contributed by atoms with Crippen molar-refractivity contribution in [2.75, 3.05) is 36.4 Å². The van der Waals surface area contributed by atoms with E-state index in [1.165, 1.54) is 11.4 Å². The molecule has 3 heterocycles. The molecule has 1 aromatic rings. The molecule has 0 spiro atoms. The van der Waals surface area contributed by atoms with Gasteiger partial charge in [-0.1, -0.05) is 0 Å². The average Bonchev–Trinajstić information content (AvgIpc) is 2.29. The van der Waals surface area contributed by atoms with Gasteiger partial charge in [0.15, 0.2) is 0 Å². The van der Waals surface area contributed by atoms with Gasteiger partial charge in [0.25, 0.3) is 0 Å². The van der Waals surface area contributed by atoms with E-state index < -0.39 is 0 Å². The van der Waals surface area contributed by atoms with Crippen LogP contribution in [0, 0.1) is 0 Å². The van der Waals surface area contributed by atoms with Crippen LogP contribution in [0.3, 0.4) is 0 Å². The number of rotatable bonds is 0. The third-order valence-corrected chi connectivity index (χ3v) is 2.99. The first-order chi connectivity index (χ1) is 6.95. The van der Waals surface area contributed by atoms with Crippen LogP contribution in [0.4, 0.5) is 11.4 Å². The molecule has 1 aromatic heterocycles. The van der Waals surface area contributed by atoms with Gasteiger partial charge in [0.1, 0.15) is 0 Å². The highest BCUT2D eigenvalue weighted by Gasteiger charge is 2.27. The molecule has 0 aromatic carbocycles. The molecule has 2 aliphatic rings. The lowest BCUT2D eigenvalue weighted by Crippen LogP contribution is -2.56. The summed E-state index contributed by atoms with van der Waals surface area (Å²) in [6.07, 6.45) is 3.80. The lowest BCUT2D eigenvalue weighted by Gasteiger charge is -2.42. The van der Waals surface area contributed by atoms with E-state index in [0.29, 0.717) is 6.04 Å². The van der Waals surface area contributed by atoms with E-state index >= 15 is 0 Å². The quantitative estimate of drug-likeness (QED) is 0.616. The van der Waals surface area contributed by atoms with E-state index in [-0.39, 0.29) is 0 Å². The fourth-order valence-corrected chi connectivity index (χ4v) is 2.25. The predicted molar refractivity (Wildman–Crippen MR) is 56.7 cm³/mol. The van der Waals surface area contributed by atoms with Crippen LogP contribution in [0.5, 0.6) is 0 Å². The summed E-state index contributed by atoms with van der Waals surface area (Å²) in [5.74, 6) is 0. The molecule has 14 heavy (non-hydrogen) atoms. The molecule has 1 atom stereocenters. The summed E-state index contributed by atoms with van der Waals surface area (Å²) in [4.78, 5) is 6.64. The van der Waals surface area contributed by atoms with Gasteiger partial charge in [-0.05, 0) is 6.07 Å². The van der Waals surface area contributed by atoms with Gasteiger partial charge in [-0.3, -0.25) is 4.98 Å². The van der Waals surface area contributed by atoms with Crippen LogP contribution >= 0.6 is 0 Å². The fourth-order valence-electron chi connectivity index (χ4n) is 2.25. The number of aromatic nitrogens is 1. The highest BCUT2D eigenvalue weighted by molar-refractivity contribution is 5.71. The van der Waals surface area contributed by atoms with Gasteiger partial charge in [-0.25, -0.2) is 0 Å². The van der Waals surface area contributed by atoms with Crippen LogP contribution < -0.4 is 15.5 Å². The Balaban J connectivity index is 1.99. The Bertz CT molecular complexity index is 339. The topological polar surface area (TPSA) is 40.2 Å². The summed E-state index contributed by atoms with van der Waals surface area (Å²) in [5.41, 5.74) is 2.48. The first-order valence-electron chi connectivity index (χ1n) is 5.10. The molecule has 0 aliphatic carbocycles. The second kappa shape index (κ2) is 3.13. The number of nitrogens with zero attached hydrogens (tertiary/aromatic N) is 2. The number of pyridine rings is 1. The van der Waals surface area contributed by atoms with E-state index in [4.69, 9.17) is 0 Å². The van der Waals surface area contributed by atoms with Crippen molar-refractivity contribution in [3.8, 4) is 0 Å². The molecule has 4 nitrogen and oxygen atoms in total. The summed E-state index contributed by atoms with van der Waals surface area (Å²) in [6, 6.07) is 2.63. The largest absolute Gasteiger partial charge is 0.381 e. The molecular formula is C10H14N4. The number of nitrogens with one attached hydrogen (secondary N) is 2. The van der Waals surface area contributed by atoms with E-state index in [1.54, 1.807) is 0 Å². The molecule has 0 radical (unpaired) electrons. The van der Waals surface area contributed by atoms with E-state index in [1.807, 2.05) is 18.5 Å². The van der Waals surface area contributed by atoms with Crippen molar-refractivity contribution < 1.29 is 0 Å². The maximum absolute atomic E-state index is 4.19. The van der Waals surface area contributed by atoms with E-state index in [9.17, 15) is 0 Å². The number of hydrogen-bond donors (Lipinski definition) is 2. The lowest BCUT2D eigenvalue weighted by molar-refractivity contribution is 0.481. The summed E-state index contributed by atoms with van der Waals surface area (Å²) < 4.78 is 0. The standard InChI is InChI=1S/C10H14N4/c1-2-11-7-10-9(1)13-6-8-5-12-3-4-14(8)10/h1-2,7-8,12-13H,3-6H2. The molecule has 2 N–H and O–H groups in total. The third kappa shape index (κ3) is 1.14. The summed E-state index contributed by atoms with van der Waals surface area (Å²) in [7, 11) is 0. The normalized spacial score (nSPS) is 24.9. The van der Waals surface area contributed by atoms with Crippen molar-refractivity contribution in [3.63, 3.8) is 0 Å². The van der Waals surface area contributed by atoms with Crippen LogP contribution in [0.1, 0.15) is 0 Å². The zero-order valence-corrected chi connectivity index (χ0v) is 8.03. The van der Waals surface area contributed by atoms with Crippen LogP contribution in [0.15, 0.2) is 18.5 Å². The highest BCUT2D eigenvalue weighted by Crippen LogP contribution is 2.30. The first kappa shape index (κ1) is 8.05. The fraction of sp³-hybridized carbons (Fsp3) is 0.500. The molecule has 4 heteroatoms. The average molecular weight is 190 g/mol. The van der Waals surface area contributed by atoms with Crippen LogP contribution in [-0.4, -0.2) is 37.2 Å². The zero-order valence-electron chi connectivity index (χ0n) is 8.03. The molecule has 3 rings (SSSR count). The van der Waals surface area contributed by atoms with Gasteiger partial charge in [-0.15, -0.1) is 0 Å². The monoisotopic (exact) mass is 190 g/mol. The van der Waals surface area contributed by atoms with Crippen molar-refractivity contribution in [3.05, 3.63) is 18.5 Å². The SMILES string of the molecule is c1cc2c(cn1)N1CCNCC1CN2. The molecule has 1 fully saturated rings. The van der Waals surface area contributed by atoms with Crippen LogP contribution in [-0.2, 0) is 0 Å². The molecule has 0 saturated carbocycles. The summed E-state index contributed by atoms with van der Waals surface area (Å²) in [6.45, 7) is 4.27. The van der Waals surface area contributed by atoms with Crippen molar-refractivity contribution in [1.82, 2.24) is 10.3 Å². The minimum atomic E-state index is 0.584. The molecular weight excluding hydrogens is 176 g/mol. The molecule has 2 aliphatic heterocycles. The lowest BCUT2D eigenvalue weighted by atomic mass is 10.1. The van der Waals surface area contributed by atoms with Gasteiger partial charge in [0, 0.05) is 32.4 Å². The Morgan fingerprint density at radius 2 is 2.43 bits per heavy atom. The molecule has 74 valence electrons. The number of hydrogen-bond acceptors (Lipinski definition) is 4. The van der Waals surface area contributed by atoms with Gasteiger partial charge in [0.2, 0.25) is 0 Å². The van der Waals surface area contributed by atoms with Crippen molar-refractivity contribution in [2.45, 2.75) is 6.04 Å². The van der Waals surface area contributed by atoms with Crippen LogP contribution in [0.2, 0.25) is 0 Å². The Kier molecular flexibility index (Phi) is 1.80. The number of anilines is 2. The van der Waals surface area contributed by atoms with Gasteiger partial charge in [0.05, 0.1) is 23.6 Å². The molecule has 0 amide bonds. The Morgan fingerprint density at radius 1 is 1.43 bits per heavy atom. The Morgan fingerprint density at radius 3 is 3.43 bits per heavy atom. The summed E-state index contributed by atoms with van der Waals surface area (Å²) in [5, 5.41) is 6.85. The Hall–Kier alpha value is -1.29. The second-order valence-corrected chi connectivity index (χ2v) is 3.83. The Labute approximate surface area is 83.3 Å². The van der Waals surface area contributed by atoms with Gasteiger partial charge in [-0.2, -0.15) is 0 Å². The van der Waals surface area contributed by atoms with Crippen molar-refractivity contribution >= 4 is 11.4 Å². The molecule has 1 unspecified atom stereocenters. The zero-order chi connectivity index (χ0) is 9.38. The van der Waals surface area contributed by atoms with E-state index in [0.717, 1.165) is 26.2 Å². The molecule has 1 saturated heterocycles. The predicted octanol–water partition coefficient (Wildman–Crippen LogP) is 0.285. The maximum atomic E-state index is 4.19. The maximum Gasteiger partial charge on any atom is 0.0792 e. The smallest absolute Gasteiger partial charge is 0.0792 e. The molecule has 0 bridgehead atoms. The van der Waals surface area contributed by atoms with Crippen LogP contribution in [0.25, 0.3) is 0 Å². The van der Waals surface area contributed by atoms with Gasteiger partial charge < -0.3 is 15.5 Å². The van der Waals surface area contributed by atoms with Crippen molar-refractivity contribution in [2.24, 2.45) is 0 Å². The van der Waals surface area contributed by atoms with Gasteiger partial charge >= 0.3 is 0 Å². The minimum Gasteiger partial charge on any atom is -0.381 e. The minimum absolute atomic E-state index is 0.584. The van der Waals surface area contributed by atoms with Crippen molar-refractivity contribution in [1.29, 1.82) is 0 Å². The highest BCUT2D eigenvalue weighted by atomic mass is 15.3. The van der Waals surface area contributed by atoms with E-state index in [2.05, 4.69) is 20.5 Å². The summed E-state index contributed by atoms with van der Waals surface area (Å²) >= 11 is 0. The number of fused-ring (bicyclic) bond motifs is 3. The number of piperazine rings is 1. The third-order valence-electron chi connectivity index (χ3n) is 2.99.